The highest BCUT2D eigenvalue weighted by Gasteiger charge is 2.36. The molecule has 0 amide bonds. The van der Waals surface area contributed by atoms with Crippen LogP contribution in [0.15, 0.2) is 18.2 Å². The van der Waals surface area contributed by atoms with Gasteiger partial charge in [-0.3, -0.25) is 0 Å². The second kappa shape index (κ2) is 8.72. The van der Waals surface area contributed by atoms with Crippen LogP contribution in [0.25, 0.3) is 11.3 Å². The van der Waals surface area contributed by atoms with Crippen molar-refractivity contribution in [3.63, 3.8) is 0 Å². The van der Waals surface area contributed by atoms with Gasteiger partial charge in [-0.2, -0.15) is 26.3 Å². The molecule has 0 unspecified atom stereocenters. The van der Waals surface area contributed by atoms with Crippen molar-refractivity contribution in [3.8, 4) is 11.3 Å². The molecule has 1 aliphatic heterocycles. The molecule has 1 aromatic carbocycles. The molecule has 6 nitrogen and oxygen atoms in total. The molecule has 3 rings (SSSR count). The number of nitrogens with two attached hydrogens (primary N) is 3. The quantitative estimate of drug-likeness (QED) is 0.412. The van der Waals surface area contributed by atoms with Crippen molar-refractivity contribution in [3.05, 3.63) is 29.3 Å². The Morgan fingerprint density at radius 1 is 0.759 bits per heavy atom. The average Bonchev–Trinajstić information content (AvgIpc) is 2.64. The lowest BCUT2D eigenvalue weighted by Gasteiger charge is -2.15. The van der Waals surface area contributed by atoms with Crippen LogP contribution in [0.1, 0.15) is 30.4 Å². The highest BCUT2D eigenvalue weighted by Crippen LogP contribution is 2.41. The van der Waals surface area contributed by atoms with Gasteiger partial charge in [0.2, 0.25) is 0 Å². The fraction of sp³-hybridized carbons (Fsp3) is 0.412. The molecule has 1 aromatic heterocycles. The average molecular weight is 422 g/mol. The summed E-state index contributed by atoms with van der Waals surface area (Å²) in [5.74, 6) is -0.861. The van der Waals surface area contributed by atoms with Gasteiger partial charge < -0.3 is 22.5 Å². The van der Waals surface area contributed by atoms with Crippen LogP contribution >= 0.6 is 0 Å². The van der Waals surface area contributed by atoms with E-state index in [2.05, 4.69) is 15.5 Å². The van der Waals surface area contributed by atoms with Gasteiger partial charge in [-0.1, -0.05) is 6.42 Å². The Balaban J connectivity index is 0.000000426. The minimum Gasteiger partial charge on any atom is -0.397 e. The van der Waals surface area contributed by atoms with E-state index in [9.17, 15) is 26.3 Å². The van der Waals surface area contributed by atoms with Gasteiger partial charge in [0, 0.05) is 5.56 Å². The molecule has 0 spiro atoms. The maximum absolute atomic E-state index is 12.8. The summed E-state index contributed by atoms with van der Waals surface area (Å²) in [6.07, 6.45) is -5.34. The van der Waals surface area contributed by atoms with E-state index in [1.165, 1.54) is 32.4 Å². The number of alkyl halides is 6. The number of piperidine rings is 1. The number of nitrogens with one attached hydrogen (secondary N) is 1. The van der Waals surface area contributed by atoms with Gasteiger partial charge in [-0.15, -0.1) is 10.2 Å². The van der Waals surface area contributed by atoms with Gasteiger partial charge in [0.15, 0.2) is 5.82 Å². The Bertz CT molecular complexity index is 834. The van der Waals surface area contributed by atoms with E-state index in [1.807, 2.05) is 0 Å². The van der Waals surface area contributed by atoms with Crippen LogP contribution < -0.4 is 22.5 Å². The van der Waals surface area contributed by atoms with Crippen LogP contribution in [0.4, 0.5) is 43.5 Å². The fourth-order valence-corrected chi connectivity index (χ4v) is 2.67. The third-order valence-corrected chi connectivity index (χ3v) is 4.20. The zero-order valence-corrected chi connectivity index (χ0v) is 15.2. The summed E-state index contributed by atoms with van der Waals surface area (Å²) in [4.78, 5) is 0. The van der Waals surface area contributed by atoms with Gasteiger partial charge in [0.25, 0.3) is 0 Å². The summed E-state index contributed by atoms with van der Waals surface area (Å²) in [7, 11) is 0. The molecule has 160 valence electrons. The number of anilines is 3. The Labute approximate surface area is 162 Å². The van der Waals surface area contributed by atoms with Crippen LogP contribution in [0, 0.1) is 0 Å². The van der Waals surface area contributed by atoms with Gasteiger partial charge in [0.1, 0.15) is 5.56 Å². The van der Waals surface area contributed by atoms with E-state index in [0.29, 0.717) is 12.1 Å². The summed E-state index contributed by atoms with van der Waals surface area (Å²) in [5, 5.41) is 9.86. The van der Waals surface area contributed by atoms with Crippen LogP contribution in [0.2, 0.25) is 0 Å². The van der Waals surface area contributed by atoms with Crippen molar-refractivity contribution >= 4 is 17.2 Å². The van der Waals surface area contributed by atoms with Gasteiger partial charge >= 0.3 is 12.4 Å². The number of aromatic nitrogens is 2. The molecule has 1 aliphatic rings. The Morgan fingerprint density at radius 2 is 1.34 bits per heavy atom. The van der Waals surface area contributed by atoms with Gasteiger partial charge in [0.05, 0.1) is 22.6 Å². The Morgan fingerprint density at radius 3 is 1.79 bits per heavy atom. The first kappa shape index (κ1) is 22.5. The lowest BCUT2D eigenvalue weighted by molar-refractivity contribution is -0.137. The number of benzene rings is 1. The molecular weight excluding hydrogens is 402 g/mol. The lowest BCUT2D eigenvalue weighted by Crippen LogP contribution is -2.21. The molecule has 0 bridgehead atoms. The van der Waals surface area contributed by atoms with Crippen molar-refractivity contribution in [1.82, 2.24) is 15.5 Å². The molecule has 1 fully saturated rings. The third kappa shape index (κ3) is 5.62. The van der Waals surface area contributed by atoms with Crippen molar-refractivity contribution in [2.24, 2.45) is 0 Å². The molecule has 2 aromatic rings. The number of nitrogen functional groups attached to an aromatic ring is 3. The normalized spacial score (nSPS) is 14.8. The molecule has 0 atom stereocenters. The second-order valence-electron chi connectivity index (χ2n) is 6.32. The predicted octanol–water partition coefficient (Wildman–Crippen LogP) is 3.69. The minimum absolute atomic E-state index is 0.214. The monoisotopic (exact) mass is 422 g/mol. The van der Waals surface area contributed by atoms with E-state index in [1.54, 1.807) is 0 Å². The van der Waals surface area contributed by atoms with Crippen LogP contribution in [0.5, 0.6) is 0 Å². The number of hydrogen-bond acceptors (Lipinski definition) is 6. The summed E-state index contributed by atoms with van der Waals surface area (Å²) in [5.41, 5.74) is 11.5. The molecule has 0 saturated carbocycles. The van der Waals surface area contributed by atoms with Gasteiger partial charge in [-0.05, 0) is 44.1 Å². The molecular formula is C17H20F6N6. The van der Waals surface area contributed by atoms with Crippen LogP contribution in [0.3, 0.4) is 0 Å². The zero-order valence-electron chi connectivity index (χ0n) is 15.2. The topological polar surface area (TPSA) is 116 Å². The second-order valence-corrected chi connectivity index (χ2v) is 6.32. The first-order valence-corrected chi connectivity index (χ1v) is 8.59. The standard InChI is InChI=1S/C12H9F6N5.C5H11N/c13-11(14,15)5-2-1-4(8(19)9(5)20)7-3-6(12(16,17)18)10(21)23-22-7;1-2-4-6-5-3-1/h1-3H,19-20H2,(H2,21,23);6H,1-5H2. The van der Waals surface area contributed by atoms with E-state index < -0.39 is 46.4 Å². The zero-order chi connectivity index (χ0) is 21.8. The molecule has 1 saturated heterocycles. The number of halogens is 6. The highest BCUT2D eigenvalue weighted by atomic mass is 19.4. The number of rotatable bonds is 1. The summed E-state index contributed by atoms with van der Waals surface area (Å²) in [6.45, 7) is 2.50. The summed E-state index contributed by atoms with van der Waals surface area (Å²) >= 11 is 0. The highest BCUT2D eigenvalue weighted by molar-refractivity contribution is 5.85. The van der Waals surface area contributed by atoms with Gasteiger partial charge in [-0.25, -0.2) is 0 Å². The molecule has 2 heterocycles. The lowest BCUT2D eigenvalue weighted by atomic mass is 10.0. The summed E-state index contributed by atoms with van der Waals surface area (Å²) in [6, 6.07) is 2.02. The maximum atomic E-state index is 12.8. The molecule has 7 N–H and O–H groups in total. The fourth-order valence-electron chi connectivity index (χ4n) is 2.67. The first-order chi connectivity index (χ1) is 13.4. The van der Waals surface area contributed by atoms with Crippen molar-refractivity contribution in [2.75, 3.05) is 30.3 Å². The Kier molecular flexibility index (Phi) is 6.77. The van der Waals surface area contributed by atoms with E-state index >= 15 is 0 Å². The van der Waals surface area contributed by atoms with Crippen molar-refractivity contribution in [1.29, 1.82) is 0 Å². The minimum atomic E-state index is -4.80. The summed E-state index contributed by atoms with van der Waals surface area (Å²) < 4.78 is 76.5. The largest absolute Gasteiger partial charge is 0.420 e. The molecule has 12 heteroatoms. The van der Waals surface area contributed by atoms with Crippen molar-refractivity contribution < 1.29 is 26.3 Å². The molecule has 29 heavy (non-hydrogen) atoms. The third-order valence-electron chi connectivity index (χ3n) is 4.20. The maximum Gasteiger partial charge on any atom is 0.420 e. The molecule has 0 aliphatic carbocycles. The SMILES string of the molecule is C1CCNCC1.Nc1nnc(-c2ccc(C(F)(F)F)c(N)c2N)cc1C(F)(F)F. The van der Waals surface area contributed by atoms with E-state index in [0.717, 1.165) is 6.07 Å². The Hall–Kier alpha value is -2.76. The predicted molar refractivity (Wildman–Crippen MR) is 97.4 cm³/mol. The first-order valence-electron chi connectivity index (χ1n) is 8.59. The van der Waals surface area contributed by atoms with E-state index in [4.69, 9.17) is 17.2 Å². The van der Waals surface area contributed by atoms with Crippen molar-refractivity contribution in [2.45, 2.75) is 31.6 Å². The van der Waals surface area contributed by atoms with E-state index in [-0.39, 0.29) is 5.56 Å². The molecule has 0 radical (unpaired) electrons. The van der Waals surface area contributed by atoms with Crippen LogP contribution in [-0.4, -0.2) is 23.3 Å². The smallest absolute Gasteiger partial charge is 0.397 e. The number of hydrogen-bond donors (Lipinski definition) is 4. The number of nitrogens with zero attached hydrogens (tertiary/aromatic N) is 2. The van der Waals surface area contributed by atoms with Crippen LogP contribution in [-0.2, 0) is 12.4 Å².